The second-order valence-electron chi connectivity index (χ2n) is 7.03. The van der Waals surface area contributed by atoms with Crippen LogP contribution in [0.4, 0.5) is 18.9 Å². The van der Waals surface area contributed by atoms with Crippen molar-refractivity contribution >= 4 is 33.2 Å². The molecule has 1 amide bonds. The zero-order chi connectivity index (χ0) is 22.5. The van der Waals surface area contributed by atoms with Gasteiger partial charge in [0.05, 0.1) is 22.7 Å². The van der Waals surface area contributed by atoms with Gasteiger partial charge >= 0.3 is 6.18 Å². The second kappa shape index (κ2) is 9.70. The fraction of sp³-hybridized carbons (Fsp3) is 0.350. The van der Waals surface area contributed by atoms with E-state index in [1.165, 1.54) is 30.3 Å². The van der Waals surface area contributed by atoms with Gasteiger partial charge in [-0.1, -0.05) is 31.5 Å². The molecule has 2 rings (SSSR count). The Balaban J connectivity index is 2.38. The molecule has 30 heavy (non-hydrogen) atoms. The predicted molar refractivity (Wildman–Crippen MR) is 110 cm³/mol. The molecule has 0 atom stereocenters. The van der Waals surface area contributed by atoms with Gasteiger partial charge in [0.2, 0.25) is 5.91 Å². The van der Waals surface area contributed by atoms with Crippen molar-refractivity contribution in [2.75, 3.05) is 17.4 Å². The summed E-state index contributed by atoms with van der Waals surface area (Å²) in [4.78, 5) is 11.7. The zero-order valence-electron chi connectivity index (χ0n) is 16.4. The molecule has 2 aromatic carbocycles. The summed E-state index contributed by atoms with van der Waals surface area (Å²) in [5.41, 5.74) is -1.13. The molecule has 0 aliphatic heterocycles. The molecule has 1 N–H and O–H groups in total. The first-order valence-corrected chi connectivity index (χ1v) is 11.0. The number of nitrogens with one attached hydrogen (secondary N) is 1. The van der Waals surface area contributed by atoms with Crippen LogP contribution in [-0.2, 0) is 21.0 Å². The van der Waals surface area contributed by atoms with Crippen molar-refractivity contribution in [3.8, 4) is 0 Å². The monoisotopic (exact) mass is 462 g/mol. The van der Waals surface area contributed by atoms with Crippen molar-refractivity contribution in [2.45, 2.75) is 31.3 Å². The van der Waals surface area contributed by atoms with Crippen LogP contribution in [0.15, 0.2) is 53.4 Å². The first-order chi connectivity index (χ1) is 13.9. The van der Waals surface area contributed by atoms with Crippen LogP contribution < -0.4 is 9.62 Å². The summed E-state index contributed by atoms with van der Waals surface area (Å²) in [5.74, 6) is -0.153. The van der Waals surface area contributed by atoms with Gasteiger partial charge in [0, 0.05) is 18.0 Å². The summed E-state index contributed by atoms with van der Waals surface area (Å²) in [6, 6.07) is 9.35. The third-order valence-electron chi connectivity index (χ3n) is 4.09. The molecule has 2 aromatic rings. The Morgan fingerprint density at radius 2 is 1.77 bits per heavy atom. The number of sulfonamides is 1. The van der Waals surface area contributed by atoms with Gasteiger partial charge in [-0.3, -0.25) is 9.10 Å². The lowest BCUT2D eigenvalue weighted by atomic mass is 10.1. The highest BCUT2D eigenvalue weighted by molar-refractivity contribution is 7.92. The van der Waals surface area contributed by atoms with Gasteiger partial charge in [0.1, 0.15) is 0 Å². The summed E-state index contributed by atoms with van der Waals surface area (Å²) in [5, 5.41) is 2.92. The number of alkyl halides is 3. The van der Waals surface area contributed by atoms with E-state index in [-0.39, 0.29) is 41.9 Å². The molecular formula is C20H22ClF3N2O3S. The van der Waals surface area contributed by atoms with Crippen LogP contribution in [0, 0.1) is 5.92 Å². The highest BCUT2D eigenvalue weighted by atomic mass is 35.5. The van der Waals surface area contributed by atoms with E-state index in [4.69, 9.17) is 11.6 Å². The van der Waals surface area contributed by atoms with Gasteiger partial charge < -0.3 is 5.32 Å². The number of anilines is 1. The van der Waals surface area contributed by atoms with E-state index in [0.717, 1.165) is 22.5 Å². The molecule has 0 saturated carbocycles. The molecule has 0 spiro atoms. The lowest BCUT2D eigenvalue weighted by Crippen LogP contribution is -2.39. The summed E-state index contributed by atoms with van der Waals surface area (Å²) in [6.07, 6.45) is -4.37. The number of carbonyl (C=O) groups is 1. The molecule has 0 bridgehead atoms. The van der Waals surface area contributed by atoms with E-state index < -0.39 is 21.8 Å². The maximum atomic E-state index is 13.1. The Kier molecular flexibility index (Phi) is 7.76. The predicted octanol–water partition coefficient (Wildman–Crippen LogP) is 4.72. The Bertz CT molecular complexity index is 978. The topological polar surface area (TPSA) is 66.5 Å². The standard InChI is InChI=1S/C20H22ClF3N2O3S/c1-14(2)12-19(27)25-10-11-26(17-5-3-4-15(13-17)20(22,23)24)30(28,29)18-8-6-16(21)7-9-18/h3-9,13-14H,10-12H2,1-2H3,(H,25,27). The lowest BCUT2D eigenvalue weighted by molar-refractivity contribution is -0.137. The lowest BCUT2D eigenvalue weighted by Gasteiger charge is -2.25. The minimum Gasteiger partial charge on any atom is -0.354 e. The van der Waals surface area contributed by atoms with Crippen molar-refractivity contribution in [1.29, 1.82) is 0 Å². The Hall–Kier alpha value is -2.26. The van der Waals surface area contributed by atoms with Gasteiger partial charge in [0.15, 0.2) is 0 Å². The third-order valence-corrected chi connectivity index (χ3v) is 6.19. The van der Waals surface area contributed by atoms with Crippen LogP contribution in [0.3, 0.4) is 0 Å². The zero-order valence-corrected chi connectivity index (χ0v) is 18.0. The van der Waals surface area contributed by atoms with E-state index in [9.17, 15) is 26.4 Å². The number of halogens is 4. The van der Waals surface area contributed by atoms with Crippen LogP contribution in [0.5, 0.6) is 0 Å². The van der Waals surface area contributed by atoms with Gasteiger partial charge in [-0.15, -0.1) is 0 Å². The summed E-state index contributed by atoms with van der Waals surface area (Å²) in [6.45, 7) is 3.42. The fourth-order valence-electron chi connectivity index (χ4n) is 2.70. The maximum Gasteiger partial charge on any atom is 0.416 e. The Morgan fingerprint density at radius 3 is 2.33 bits per heavy atom. The summed E-state index contributed by atoms with van der Waals surface area (Å²) < 4.78 is 66.5. The van der Waals surface area contributed by atoms with E-state index in [2.05, 4.69) is 5.32 Å². The minimum absolute atomic E-state index is 0.0609. The number of benzene rings is 2. The third kappa shape index (κ3) is 6.37. The van der Waals surface area contributed by atoms with E-state index in [1.54, 1.807) is 0 Å². The normalized spacial score (nSPS) is 12.1. The molecule has 10 heteroatoms. The first kappa shape index (κ1) is 24.0. The second-order valence-corrected chi connectivity index (χ2v) is 9.33. The van der Waals surface area contributed by atoms with Gasteiger partial charge in [-0.2, -0.15) is 13.2 Å². The molecule has 5 nitrogen and oxygen atoms in total. The quantitative estimate of drug-likeness (QED) is 0.617. The molecule has 0 aromatic heterocycles. The van der Waals surface area contributed by atoms with Crippen molar-refractivity contribution in [3.63, 3.8) is 0 Å². The van der Waals surface area contributed by atoms with Crippen molar-refractivity contribution < 1.29 is 26.4 Å². The van der Waals surface area contributed by atoms with Crippen LogP contribution in [-0.4, -0.2) is 27.4 Å². The molecule has 0 aliphatic rings. The fourth-order valence-corrected chi connectivity index (χ4v) is 4.28. The SMILES string of the molecule is CC(C)CC(=O)NCCN(c1cccc(C(F)(F)F)c1)S(=O)(=O)c1ccc(Cl)cc1. The average Bonchev–Trinajstić information content (AvgIpc) is 2.64. The average molecular weight is 463 g/mol. The van der Waals surface area contributed by atoms with Gasteiger partial charge in [0.25, 0.3) is 10.0 Å². The largest absolute Gasteiger partial charge is 0.416 e. The highest BCUT2D eigenvalue weighted by Crippen LogP contribution is 2.33. The van der Waals surface area contributed by atoms with E-state index in [0.29, 0.717) is 5.02 Å². The molecule has 0 radical (unpaired) electrons. The number of hydrogen-bond acceptors (Lipinski definition) is 3. The smallest absolute Gasteiger partial charge is 0.354 e. The molecule has 0 unspecified atom stereocenters. The number of amides is 1. The Labute approximate surface area is 178 Å². The van der Waals surface area contributed by atoms with Crippen molar-refractivity contribution in [1.82, 2.24) is 5.32 Å². The number of rotatable bonds is 8. The van der Waals surface area contributed by atoms with Crippen molar-refractivity contribution in [3.05, 3.63) is 59.1 Å². The van der Waals surface area contributed by atoms with E-state index in [1.807, 2.05) is 13.8 Å². The molecule has 0 aliphatic carbocycles. The molecule has 0 fully saturated rings. The van der Waals surface area contributed by atoms with E-state index >= 15 is 0 Å². The molecular weight excluding hydrogens is 441 g/mol. The minimum atomic E-state index is -4.63. The van der Waals surface area contributed by atoms with Gasteiger partial charge in [-0.25, -0.2) is 8.42 Å². The summed E-state index contributed by atoms with van der Waals surface area (Å²) >= 11 is 5.81. The van der Waals surface area contributed by atoms with Crippen LogP contribution in [0.2, 0.25) is 5.02 Å². The number of carbonyl (C=O) groups excluding carboxylic acids is 1. The maximum absolute atomic E-state index is 13.1. The van der Waals surface area contributed by atoms with Crippen LogP contribution in [0.1, 0.15) is 25.8 Å². The van der Waals surface area contributed by atoms with Crippen molar-refractivity contribution in [2.24, 2.45) is 5.92 Å². The first-order valence-electron chi connectivity index (χ1n) is 9.13. The number of hydrogen-bond donors (Lipinski definition) is 1. The Morgan fingerprint density at radius 1 is 1.13 bits per heavy atom. The molecule has 164 valence electrons. The molecule has 0 heterocycles. The number of nitrogens with zero attached hydrogens (tertiary/aromatic N) is 1. The van der Waals surface area contributed by atoms with Crippen LogP contribution >= 0.6 is 11.6 Å². The van der Waals surface area contributed by atoms with Crippen LogP contribution in [0.25, 0.3) is 0 Å². The summed E-state index contributed by atoms with van der Waals surface area (Å²) in [7, 11) is -4.20. The molecule has 0 saturated heterocycles. The van der Waals surface area contributed by atoms with Gasteiger partial charge in [-0.05, 0) is 48.4 Å². The highest BCUT2D eigenvalue weighted by Gasteiger charge is 2.32.